The van der Waals surface area contributed by atoms with Gasteiger partial charge in [-0.15, -0.1) is 0 Å². The van der Waals surface area contributed by atoms with Gasteiger partial charge in [-0.3, -0.25) is 0 Å². The molecule has 5 heteroatoms. The molecule has 0 saturated carbocycles. The Hall–Kier alpha value is -0.390. The van der Waals surface area contributed by atoms with Crippen molar-refractivity contribution < 1.29 is 8.42 Å². The molecule has 0 spiro atoms. The predicted octanol–water partition coefficient (Wildman–Crippen LogP) is 1.96. The normalized spacial score (nSPS) is 16.0. The van der Waals surface area contributed by atoms with Gasteiger partial charge in [0.05, 0.1) is 10.1 Å². The van der Waals surface area contributed by atoms with Crippen molar-refractivity contribution in [2.75, 3.05) is 0 Å². The first-order valence-corrected chi connectivity index (χ1v) is 6.94. The smallest absolute Gasteiger partial charge is 0.182 e. The number of nitrogens with two attached hydrogens (primary N) is 1. The topological polar surface area (TPSA) is 60.2 Å². The van der Waals surface area contributed by atoms with Crippen molar-refractivity contribution in [3.63, 3.8) is 0 Å². The quantitative estimate of drug-likeness (QED) is 0.926. The van der Waals surface area contributed by atoms with E-state index < -0.39 is 15.1 Å². The molecule has 0 amide bonds. The van der Waals surface area contributed by atoms with Crippen LogP contribution in [0.1, 0.15) is 13.8 Å². The molecular weight excluding hydrogens is 278 g/mol. The molecule has 1 rings (SSSR count). The van der Waals surface area contributed by atoms with E-state index in [0.29, 0.717) is 4.90 Å². The average Bonchev–Trinajstić information content (AvgIpc) is 2.17. The first-order valence-electron chi connectivity index (χ1n) is 4.60. The Kier molecular flexibility index (Phi) is 3.92. The predicted molar refractivity (Wildman–Crippen MR) is 64.4 cm³/mol. The lowest BCUT2D eigenvalue weighted by Gasteiger charge is -2.16. The van der Waals surface area contributed by atoms with E-state index in [2.05, 4.69) is 15.9 Å². The Morgan fingerprint density at radius 2 is 1.67 bits per heavy atom. The van der Waals surface area contributed by atoms with Gasteiger partial charge < -0.3 is 5.73 Å². The first kappa shape index (κ1) is 12.7. The second kappa shape index (κ2) is 4.63. The van der Waals surface area contributed by atoms with Crippen molar-refractivity contribution in [3.05, 3.63) is 28.7 Å². The molecule has 2 N–H and O–H groups in total. The second-order valence-corrected chi connectivity index (χ2v) is 6.78. The summed E-state index contributed by atoms with van der Waals surface area (Å²) < 4.78 is 24.8. The van der Waals surface area contributed by atoms with Gasteiger partial charge in [0.1, 0.15) is 0 Å². The fraction of sp³-hybridized carbons (Fsp3) is 0.400. The molecule has 0 aromatic heterocycles. The van der Waals surface area contributed by atoms with E-state index in [1.807, 2.05) is 0 Å². The first-order chi connectivity index (χ1) is 6.85. The number of rotatable bonds is 3. The zero-order valence-corrected chi connectivity index (χ0v) is 11.0. The largest absolute Gasteiger partial charge is 0.327 e. The Morgan fingerprint density at radius 3 is 2.07 bits per heavy atom. The van der Waals surface area contributed by atoms with Crippen molar-refractivity contribution in [2.24, 2.45) is 5.73 Å². The van der Waals surface area contributed by atoms with Crippen LogP contribution in [0.2, 0.25) is 0 Å². The van der Waals surface area contributed by atoms with Crippen LogP contribution in [-0.4, -0.2) is 19.7 Å². The fourth-order valence-electron chi connectivity index (χ4n) is 1.12. The molecule has 3 nitrogen and oxygen atoms in total. The molecule has 0 saturated heterocycles. The Morgan fingerprint density at radius 1 is 1.20 bits per heavy atom. The monoisotopic (exact) mass is 291 g/mol. The van der Waals surface area contributed by atoms with E-state index in [-0.39, 0.29) is 6.04 Å². The van der Waals surface area contributed by atoms with E-state index in [4.69, 9.17) is 5.73 Å². The lowest BCUT2D eigenvalue weighted by Crippen LogP contribution is -2.35. The van der Waals surface area contributed by atoms with Crippen LogP contribution in [0.15, 0.2) is 33.6 Å². The summed E-state index contributed by atoms with van der Waals surface area (Å²) >= 11 is 3.26. The SMILES string of the molecule is CC(N)C(C)S(=O)(=O)c1ccc(Br)cc1. The highest BCUT2D eigenvalue weighted by Gasteiger charge is 2.25. The molecule has 0 radical (unpaired) electrons. The Balaban J connectivity index is 3.12. The molecule has 0 aliphatic rings. The number of halogens is 1. The van der Waals surface area contributed by atoms with E-state index >= 15 is 0 Å². The van der Waals surface area contributed by atoms with Crippen LogP contribution in [0.4, 0.5) is 0 Å². The van der Waals surface area contributed by atoms with Gasteiger partial charge in [0, 0.05) is 10.5 Å². The van der Waals surface area contributed by atoms with Crippen LogP contribution in [0.3, 0.4) is 0 Å². The highest BCUT2D eigenvalue weighted by Crippen LogP contribution is 2.20. The van der Waals surface area contributed by atoms with Crippen LogP contribution in [-0.2, 0) is 9.84 Å². The zero-order valence-electron chi connectivity index (χ0n) is 8.64. The second-order valence-electron chi connectivity index (χ2n) is 3.56. The Labute approximate surface area is 98.7 Å². The van der Waals surface area contributed by atoms with Gasteiger partial charge >= 0.3 is 0 Å². The number of sulfone groups is 1. The summed E-state index contributed by atoms with van der Waals surface area (Å²) in [4.78, 5) is 0.315. The maximum absolute atomic E-state index is 12.0. The molecule has 0 heterocycles. The van der Waals surface area contributed by atoms with E-state index in [1.54, 1.807) is 38.1 Å². The standard InChI is InChI=1S/C10H14BrNO2S/c1-7(12)8(2)15(13,14)10-5-3-9(11)4-6-10/h3-8H,12H2,1-2H3. The van der Waals surface area contributed by atoms with E-state index in [9.17, 15) is 8.42 Å². The molecule has 2 atom stereocenters. The molecule has 2 unspecified atom stereocenters. The minimum Gasteiger partial charge on any atom is -0.327 e. The maximum Gasteiger partial charge on any atom is 0.182 e. The molecule has 0 aliphatic heterocycles. The molecule has 84 valence electrons. The molecule has 0 aliphatic carbocycles. The molecule has 0 fully saturated rings. The lowest BCUT2D eigenvalue weighted by molar-refractivity contribution is 0.568. The molecule has 15 heavy (non-hydrogen) atoms. The third-order valence-electron chi connectivity index (χ3n) is 2.37. The maximum atomic E-state index is 12.0. The highest BCUT2D eigenvalue weighted by atomic mass is 79.9. The van der Waals surface area contributed by atoms with Gasteiger partial charge in [-0.05, 0) is 38.1 Å². The van der Waals surface area contributed by atoms with Crippen molar-refractivity contribution in [2.45, 2.75) is 30.0 Å². The summed E-state index contributed by atoms with van der Waals surface area (Å²) in [5.74, 6) is 0. The molecule has 1 aromatic carbocycles. The molecule has 1 aromatic rings. The third kappa shape index (κ3) is 2.80. The van der Waals surface area contributed by atoms with E-state index in [1.165, 1.54) is 0 Å². The molecule has 0 bridgehead atoms. The fourth-order valence-corrected chi connectivity index (χ4v) is 2.90. The van der Waals surface area contributed by atoms with Crippen LogP contribution in [0.5, 0.6) is 0 Å². The minimum absolute atomic E-state index is 0.315. The van der Waals surface area contributed by atoms with Gasteiger partial charge in [0.15, 0.2) is 9.84 Å². The number of benzene rings is 1. The minimum atomic E-state index is -3.30. The Bertz CT molecular complexity index is 425. The van der Waals surface area contributed by atoms with Crippen molar-refractivity contribution in [1.29, 1.82) is 0 Å². The van der Waals surface area contributed by atoms with Crippen molar-refractivity contribution in [3.8, 4) is 0 Å². The van der Waals surface area contributed by atoms with Gasteiger partial charge in [-0.2, -0.15) is 0 Å². The third-order valence-corrected chi connectivity index (χ3v) is 5.24. The lowest BCUT2D eigenvalue weighted by atomic mass is 10.3. The summed E-state index contributed by atoms with van der Waals surface area (Å²) in [6.07, 6.45) is 0. The van der Waals surface area contributed by atoms with Crippen molar-refractivity contribution in [1.82, 2.24) is 0 Å². The zero-order chi connectivity index (χ0) is 11.6. The van der Waals surface area contributed by atoms with Crippen LogP contribution in [0, 0.1) is 0 Å². The summed E-state index contributed by atoms with van der Waals surface area (Å²) in [6, 6.07) is 6.21. The summed E-state index contributed by atoms with van der Waals surface area (Å²) in [6.45, 7) is 3.32. The number of hydrogen-bond acceptors (Lipinski definition) is 3. The van der Waals surface area contributed by atoms with Crippen LogP contribution < -0.4 is 5.73 Å². The van der Waals surface area contributed by atoms with Crippen LogP contribution >= 0.6 is 15.9 Å². The van der Waals surface area contributed by atoms with Gasteiger partial charge in [0.25, 0.3) is 0 Å². The average molecular weight is 292 g/mol. The van der Waals surface area contributed by atoms with Gasteiger partial charge in [0.2, 0.25) is 0 Å². The van der Waals surface area contributed by atoms with Gasteiger partial charge in [-0.25, -0.2) is 8.42 Å². The molecular formula is C10H14BrNO2S. The summed E-state index contributed by atoms with van der Waals surface area (Å²) in [7, 11) is -3.30. The summed E-state index contributed by atoms with van der Waals surface area (Å²) in [5, 5.41) is -0.571. The summed E-state index contributed by atoms with van der Waals surface area (Å²) in [5.41, 5.74) is 5.60. The van der Waals surface area contributed by atoms with Crippen LogP contribution in [0.25, 0.3) is 0 Å². The highest BCUT2D eigenvalue weighted by molar-refractivity contribution is 9.10. The van der Waals surface area contributed by atoms with Gasteiger partial charge in [-0.1, -0.05) is 15.9 Å². The van der Waals surface area contributed by atoms with E-state index in [0.717, 1.165) is 4.47 Å². The number of hydrogen-bond donors (Lipinski definition) is 1. The van der Waals surface area contributed by atoms with Crippen molar-refractivity contribution >= 4 is 25.8 Å².